The van der Waals surface area contributed by atoms with Crippen molar-refractivity contribution in [2.24, 2.45) is 0 Å². The molecule has 2 rings (SSSR count). The van der Waals surface area contributed by atoms with Crippen molar-refractivity contribution >= 4 is 11.6 Å². The van der Waals surface area contributed by atoms with Crippen LogP contribution in [0.2, 0.25) is 0 Å². The van der Waals surface area contributed by atoms with Gasteiger partial charge in [-0.05, 0) is 33.9 Å². The minimum Gasteiger partial charge on any atom is -0.384 e. The SMILES string of the molecule is Cc1nc(N)cc(NCC2(N(C)C)CCCC2)n1. The molecule has 0 aliphatic heterocycles. The van der Waals surface area contributed by atoms with E-state index >= 15 is 0 Å². The highest BCUT2D eigenvalue weighted by Gasteiger charge is 2.35. The summed E-state index contributed by atoms with van der Waals surface area (Å²) in [5.41, 5.74) is 5.99. The monoisotopic (exact) mass is 249 g/mol. The van der Waals surface area contributed by atoms with Crippen LogP contribution in [0.25, 0.3) is 0 Å². The summed E-state index contributed by atoms with van der Waals surface area (Å²) in [5.74, 6) is 2.06. The van der Waals surface area contributed by atoms with Gasteiger partial charge in [-0.25, -0.2) is 9.97 Å². The smallest absolute Gasteiger partial charge is 0.131 e. The first kappa shape index (κ1) is 13.1. The maximum Gasteiger partial charge on any atom is 0.131 e. The van der Waals surface area contributed by atoms with Gasteiger partial charge in [0.15, 0.2) is 0 Å². The lowest BCUT2D eigenvalue weighted by atomic mass is 9.96. The minimum atomic E-state index is 0.258. The van der Waals surface area contributed by atoms with Crippen LogP contribution >= 0.6 is 0 Å². The van der Waals surface area contributed by atoms with Crippen molar-refractivity contribution in [2.75, 3.05) is 31.7 Å². The topological polar surface area (TPSA) is 67.1 Å². The first-order chi connectivity index (χ1) is 8.52. The first-order valence-corrected chi connectivity index (χ1v) is 6.54. The highest BCUT2D eigenvalue weighted by molar-refractivity contribution is 5.44. The molecule has 0 spiro atoms. The Kier molecular flexibility index (Phi) is 3.71. The molecular weight excluding hydrogens is 226 g/mol. The average Bonchev–Trinajstić information content (AvgIpc) is 2.75. The molecule has 3 N–H and O–H groups in total. The first-order valence-electron chi connectivity index (χ1n) is 6.54. The Morgan fingerprint density at radius 2 is 2.00 bits per heavy atom. The second-order valence-corrected chi connectivity index (χ2v) is 5.40. The summed E-state index contributed by atoms with van der Waals surface area (Å²) in [5, 5.41) is 3.42. The van der Waals surface area contributed by atoms with Gasteiger partial charge in [0, 0.05) is 18.2 Å². The molecule has 5 heteroatoms. The van der Waals surface area contributed by atoms with Crippen molar-refractivity contribution in [3.8, 4) is 0 Å². The fourth-order valence-corrected chi connectivity index (χ4v) is 2.75. The van der Waals surface area contributed by atoms with E-state index in [2.05, 4.69) is 34.3 Å². The third-order valence-corrected chi connectivity index (χ3v) is 3.94. The molecule has 18 heavy (non-hydrogen) atoms. The lowest BCUT2D eigenvalue weighted by Gasteiger charge is -2.36. The van der Waals surface area contributed by atoms with Crippen LogP contribution in [0.1, 0.15) is 31.5 Å². The highest BCUT2D eigenvalue weighted by Crippen LogP contribution is 2.33. The fourth-order valence-electron chi connectivity index (χ4n) is 2.75. The minimum absolute atomic E-state index is 0.258. The molecule has 0 amide bonds. The second-order valence-electron chi connectivity index (χ2n) is 5.40. The molecule has 0 saturated heterocycles. The van der Waals surface area contributed by atoms with E-state index in [0.717, 1.165) is 12.4 Å². The normalized spacial score (nSPS) is 18.2. The molecule has 1 aromatic rings. The Balaban J connectivity index is 2.05. The maximum atomic E-state index is 5.73. The van der Waals surface area contributed by atoms with E-state index < -0.39 is 0 Å². The summed E-state index contributed by atoms with van der Waals surface area (Å²) in [6, 6.07) is 1.80. The third kappa shape index (κ3) is 2.72. The summed E-state index contributed by atoms with van der Waals surface area (Å²) in [7, 11) is 4.32. The number of likely N-dealkylation sites (N-methyl/N-ethyl adjacent to an activating group) is 1. The number of nitrogens with two attached hydrogens (primary N) is 1. The summed E-state index contributed by atoms with van der Waals surface area (Å²) in [6.07, 6.45) is 5.11. The molecule has 1 aliphatic carbocycles. The van der Waals surface area contributed by atoms with Gasteiger partial charge in [-0.3, -0.25) is 0 Å². The number of anilines is 2. The van der Waals surface area contributed by atoms with Gasteiger partial charge in [-0.2, -0.15) is 0 Å². The largest absolute Gasteiger partial charge is 0.384 e. The predicted octanol–water partition coefficient (Wildman–Crippen LogP) is 1.65. The number of nitrogens with one attached hydrogen (secondary N) is 1. The van der Waals surface area contributed by atoms with Crippen LogP contribution in [0.5, 0.6) is 0 Å². The van der Waals surface area contributed by atoms with Crippen LogP contribution in [0.4, 0.5) is 11.6 Å². The zero-order chi connectivity index (χ0) is 13.2. The van der Waals surface area contributed by atoms with Crippen LogP contribution in [0.15, 0.2) is 6.07 Å². The van der Waals surface area contributed by atoms with E-state index in [9.17, 15) is 0 Å². The summed E-state index contributed by atoms with van der Waals surface area (Å²) >= 11 is 0. The summed E-state index contributed by atoms with van der Waals surface area (Å²) < 4.78 is 0. The molecule has 100 valence electrons. The molecule has 1 aliphatic rings. The number of aryl methyl sites for hydroxylation is 1. The molecule has 0 aromatic carbocycles. The third-order valence-electron chi connectivity index (χ3n) is 3.94. The molecule has 0 atom stereocenters. The van der Waals surface area contributed by atoms with E-state index in [4.69, 9.17) is 5.73 Å². The molecule has 1 aromatic heterocycles. The number of hydrogen-bond donors (Lipinski definition) is 2. The Labute approximate surface area is 109 Å². The summed E-state index contributed by atoms with van der Waals surface area (Å²) in [6.45, 7) is 2.77. The number of nitrogen functional groups attached to an aromatic ring is 1. The van der Waals surface area contributed by atoms with Crippen LogP contribution in [0, 0.1) is 6.92 Å². The zero-order valence-electron chi connectivity index (χ0n) is 11.5. The van der Waals surface area contributed by atoms with Crippen LogP contribution in [-0.4, -0.2) is 41.0 Å². The predicted molar refractivity (Wildman–Crippen MR) is 74.6 cm³/mol. The van der Waals surface area contributed by atoms with Crippen molar-refractivity contribution in [1.29, 1.82) is 0 Å². The molecule has 1 saturated carbocycles. The van der Waals surface area contributed by atoms with Crippen molar-refractivity contribution < 1.29 is 0 Å². The molecule has 0 unspecified atom stereocenters. The van der Waals surface area contributed by atoms with Crippen molar-refractivity contribution in [3.05, 3.63) is 11.9 Å². The van der Waals surface area contributed by atoms with E-state index in [1.54, 1.807) is 6.07 Å². The fraction of sp³-hybridized carbons (Fsp3) is 0.692. The number of hydrogen-bond acceptors (Lipinski definition) is 5. The van der Waals surface area contributed by atoms with Crippen molar-refractivity contribution in [3.63, 3.8) is 0 Å². The zero-order valence-corrected chi connectivity index (χ0v) is 11.5. The molecule has 0 bridgehead atoms. The average molecular weight is 249 g/mol. The molecule has 1 heterocycles. The van der Waals surface area contributed by atoms with Gasteiger partial charge in [-0.15, -0.1) is 0 Å². The molecule has 0 radical (unpaired) electrons. The number of rotatable bonds is 4. The molecule has 1 fully saturated rings. The van der Waals surface area contributed by atoms with E-state index in [0.29, 0.717) is 11.6 Å². The van der Waals surface area contributed by atoms with Crippen LogP contribution < -0.4 is 11.1 Å². The van der Waals surface area contributed by atoms with Crippen LogP contribution in [-0.2, 0) is 0 Å². The van der Waals surface area contributed by atoms with Crippen molar-refractivity contribution in [1.82, 2.24) is 14.9 Å². The molecule has 5 nitrogen and oxygen atoms in total. The van der Waals surface area contributed by atoms with Gasteiger partial charge < -0.3 is 16.0 Å². The van der Waals surface area contributed by atoms with Gasteiger partial charge >= 0.3 is 0 Å². The Hall–Kier alpha value is -1.36. The van der Waals surface area contributed by atoms with Crippen molar-refractivity contribution in [2.45, 2.75) is 38.1 Å². The second kappa shape index (κ2) is 5.10. The summed E-state index contributed by atoms with van der Waals surface area (Å²) in [4.78, 5) is 10.8. The van der Waals surface area contributed by atoms with Crippen LogP contribution in [0.3, 0.4) is 0 Å². The van der Waals surface area contributed by atoms with Gasteiger partial charge in [0.25, 0.3) is 0 Å². The van der Waals surface area contributed by atoms with E-state index in [-0.39, 0.29) is 5.54 Å². The van der Waals surface area contributed by atoms with Gasteiger partial charge in [0.05, 0.1) is 0 Å². The molecular formula is C13H23N5. The Bertz CT molecular complexity index is 390. The number of nitrogens with zero attached hydrogens (tertiary/aromatic N) is 3. The van der Waals surface area contributed by atoms with E-state index in [1.165, 1.54) is 25.7 Å². The Morgan fingerprint density at radius 1 is 1.33 bits per heavy atom. The standard InChI is InChI=1S/C13H23N5/c1-10-16-11(14)8-12(17-10)15-9-13(18(2)3)6-4-5-7-13/h8H,4-7,9H2,1-3H3,(H3,14,15,16,17). The lowest BCUT2D eigenvalue weighted by molar-refractivity contribution is 0.172. The van der Waals surface area contributed by atoms with E-state index in [1.807, 2.05) is 6.92 Å². The van der Waals surface area contributed by atoms with Gasteiger partial charge in [0.1, 0.15) is 17.5 Å². The maximum absolute atomic E-state index is 5.73. The Morgan fingerprint density at radius 3 is 2.56 bits per heavy atom. The quantitative estimate of drug-likeness (QED) is 0.849. The van der Waals surface area contributed by atoms with Gasteiger partial charge in [-0.1, -0.05) is 12.8 Å². The highest BCUT2D eigenvalue weighted by atomic mass is 15.2. The lowest BCUT2D eigenvalue weighted by Crippen LogP contribution is -2.47. The number of aromatic nitrogens is 2. The van der Waals surface area contributed by atoms with Gasteiger partial charge in [0.2, 0.25) is 0 Å².